The smallest absolute Gasteiger partial charge is 0.354 e. The zero-order chi connectivity index (χ0) is 13.1. The molecular weight excluding hydrogens is 232 g/mol. The molecule has 2 rings (SSSR count). The average molecular weight is 244 g/mol. The zero-order valence-electron chi connectivity index (χ0n) is 10.0. The van der Waals surface area contributed by atoms with Gasteiger partial charge < -0.3 is 10.0 Å². The third-order valence-electron chi connectivity index (χ3n) is 2.39. The maximum atomic E-state index is 10.9. The molecule has 0 bridgehead atoms. The third kappa shape index (κ3) is 2.42. The normalized spacial score (nSPS) is 10.1. The number of aromatic carboxylic acids is 1. The molecule has 0 aliphatic heterocycles. The molecule has 0 aromatic carbocycles. The molecule has 0 saturated carbocycles. The van der Waals surface area contributed by atoms with Gasteiger partial charge in [-0.3, -0.25) is 4.98 Å². The van der Waals surface area contributed by atoms with Gasteiger partial charge in [0.1, 0.15) is 0 Å². The molecule has 0 unspecified atom stereocenters. The first-order valence-electron chi connectivity index (χ1n) is 5.30. The highest BCUT2D eigenvalue weighted by Crippen LogP contribution is 2.19. The van der Waals surface area contributed by atoms with Crippen LogP contribution in [0.25, 0.3) is 0 Å². The fourth-order valence-corrected chi connectivity index (χ4v) is 1.48. The van der Waals surface area contributed by atoms with E-state index in [2.05, 4.69) is 15.0 Å². The van der Waals surface area contributed by atoms with E-state index >= 15 is 0 Å². The first-order valence-corrected chi connectivity index (χ1v) is 5.30. The highest BCUT2D eigenvalue weighted by atomic mass is 16.4. The Bertz CT molecular complexity index is 572. The molecule has 0 spiro atoms. The molecule has 92 valence electrons. The van der Waals surface area contributed by atoms with Crippen LogP contribution in [0.15, 0.2) is 30.6 Å². The van der Waals surface area contributed by atoms with E-state index < -0.39 is 5.97 Å². The van der Waals surface area contributed by atoms with Crippen LogP contribution in [0, 0.1) is 6.92 Å². The van der Waals surface area contributed by atoms with Crippen molar-refractivity contribution in [1.29, 1.82) is 0 Å². The van der Waals surface area contributed by atoms with Crippen LogP contribution in [0.3, 0.4) is 0 Å². The van der Waals surface area contributed by atoms with Crippen LogP contribution >= 0.6 is 0 Å². The second-order valence-electron chi connectivity index (χ2n) is 3.77. The molecule has 1 N–H and O–H groups in total. The Morgan fingerprint density at radius 1 is 1.39 bits per heavy atom. The minimum atomic E-state index is -1.07. The van der Waals surface area contributed by atoms with E-state index in [0.29, 0.717) is 11.6 Å². The Morgan fingerprint density at radius 3 is 2.78 bits per heavy atom. The number of rotatable bonds is 3. The number of carbonyl (C=O) groups is 1. The molecule has 18 heavy (non-hydrogen) atoms. The number of aryl methyl sites for hydroxylation is 1. The summed E-state index contributed by atoms with van der Waals surface area (Å²) in [6.45, 7) is 1.73. The minimum Gasteiger partial charge on any atom is -0.477 e. The molecule has 6 heteroatoms. The van der Waals surface area contributed by atoms with Gasteiger partial charge in [0.2, 0.25) is 5.95 Å². The van der Waals surface area contributed by atoms with Crippen LogP contribution < -0.4 is 4.90 Å². The Morgan fingerprint density at radius 2 is 2.17 bits per heavy atom. The number of nitrogens with zero attached hydrogens (tertiary/aromatic N) is 4. The second-order valence-corrected chi connectivity index (χ2v) is 3.77. The summed E-state index contributed by atoms with van der Waals surface area (Å²) in [5, 5.41) is 8.96. The number of anilines is 2. The lowest BCUT2D eigenvalue weighted by atomic mass is 10.3. The van der Waals surface area contributed by atoms with Gasteiger partial charge in [-0.15, -0.1) is 0 Å². The number of carboxylic acids is 1. The molecule has 0 atom stereocenters. The van der Waals surface area contributed by atoms with Crippen LogP contribution in [-0.4, -0.2) is 33.1 Å². The van der Waals surface area contributed by atoms with E-state index in [0.717, 1.165) is 5.69 Å². The van der Waals surface area contributed by atoms with Crippen molar-refractivity contribution in [2.75, 3.05) is 11.9 Å². The van der Waals surface area contributed by atoms with Crippen LogP contribution in [0.2, 0.25) is 0 Å². The van der Waals surface area contributed by atoms with Crippen molar-refractivity contribution in [3.8, 4) is 0 Å². The Hall–Kier alpha value is -2.50. The molecule has 2 aromatic heterocycles. The molecular formula is C12H12N4O2. The number of pyridine rings is 1. The van der Waals surface area contributed by atoms with Crippen molar-refractivity contribution in [2.45, 2.75) is 6.92 Å². The number of hydrogen-bond acceptors (Lipinski definition) is 5. The van der Waals surface area contributed by atoms with E-state index in [1.165, 1.54) is 6.07 Å². The van der Waals surface area contributed by atoms with Crippen molar-refractivity contribution in [3.05, 3.63) is 42.0 Å². The molecule has 0 aliphatic carbocycles. The van der Waals surface area contributed by atoms with Gasteiger partial charge in [0.25, 0.3) is 0 Å². The molecule has 0 fully saturated rings. The molecule has 0 amide bonds. The lowest BCUT2D eigenvalue weighted by Gasteiger charge is -2.17. The molecule has 2 heterocycles. The van der Waals surface area contributed by atoms with Crippen LogP contribution in [0.5, 0.6) is 0 Å². The van der Waals surface area contributed by atoms with E-state index in [1.807, 2.05) is 6.07 Å². The lowest BCUT2D eigenvalue weighted by molar-refractivity contribution is 0.0690. The monoisotopic (exact) mass is 244 g/mol. The quantitative estimate of drug-likeness (QED) is 0.884. The minimum absolute atomic E-state index is 0.0201. The third-order valence-corrected chi connectivity index (χ3v) is 2.39. The summed E-state index contributed by atoms with van der Waals surface area (Å²) in [5.41, 5.74) is 1.38. The Kier molecular flexibility index (Phi) is 3.18. The van der Waals surface area contributed by atoms with Crippen molar-refractivity contribution in [3.63, 3.8) is 0 Å². The fourth-order valence-electron chi connectivity index (χ4n) is 1.48. The van der Waals surface area contributed by atoms with Crippen molar-refractivity contribution in [1.82, 2.24) is 15.0 Å². The first-order chi connectivity index (χ1) is 8.58. The summed E-state index contributed by atoms with van der Waals surface area (Å²) >= 11 is 0. The molecule has 0 saturated heterocycles. The highest BCUT2D eigenvalue weighted by molar-refractivity contribution is 5.85. The summed E-state index contributed by atoms with van der Waals surface area (Å²) in [4.78, 5) is 24.8. The van der Waals surface area contributed by atoms with Gasteiger partial charge in [0.15, 0.2) is 5.69 Å². The van der Waals surface area contributed by atoms with Crippen LogP contribution in [-0.2, 0) is 0 Å². The van der Waals surface area contributed by atoms with E-state index in [1.54, 1.807) is 37.3 Å². The molecule has 2 aromatic rings. The highest BCUT2D eigenvalue weighted by Gasteiger charge is 2.12. The number of hydrogen-bond donors (Lipinski definition) is 1. The fraction of sp³-hybridized carbons (Fsp3) is 0.167. The van der Waals surface area contributed by atoms with Gasteiger partial charge in [-0.25, -0.2) is 14.8 Å². The van der Waals surface area contributed by atoms with Gasteiger partial charge in [-0.2, -0.15) is 0 Å². The first kappa shape index (κ1) is 12.0. The maximum absolute atomic E-state index is 10.9. The van der Waals surface area contributed by atoms with Gasteiger partial charge in [-0.05, 0) is 25.1 Å². The van der Waals surface area contributed by atoms with E-state index in [4.69, 9.17) is 5.11 Å². The van der Waals surface area contributed by atoms with Gasteiger partial charge in [-0.1, -0.05) is 0 Å². The summed E-state index contributed by atoms with van der Waals surface area (Å²) in [7, 11) is 1.76. The number of aromatic nitrogens is 3. The largest absolute Gasteiger partial charge is 0.477 e. The van der Waals surface area contributed by atoms with Gasteiger partial charge in [0, 0.05) is 18.9 Å². The predicted octanol–water partition coefficient (Wildman–Crippen LogP) is 1.65. The van der Waals surface area contributed by atoms with Gasteiger partial charge >= 0.3 is 5.97 Å². The maximum Gasteiger partial charge on any atom is 0.354 e. The summed E-state index contributed by atoms with van der Waals surface area (Å²) in [6.07, 6.45) is 3.32. The van der Waals surface area contributed by atoms with Crippen molar-refractivity contribution >= 4 is 17.6 Å². The zero-order valence-corrected chi connectivity index (χ0v) is 10.0. The van der Waals surface area contributed by atoms with Crippen molar-refractivity contribution in [2.24, 2.45) is 0 Å². The predicted molar refractivity (Wildman–Crippen MR) is 66.0 cm³/mol. The van der Waals surface area contributed by atoms with Gasteiger partial charge in [0.05, 0.1) is 11.9 Å². The summed E-state index contributed by atoms with van der Waals surface area (Å²) < 4.78 is 0. The standard InChI is InChI=1S/C12H12N4O2/c1-8-6-10(11(17)18)15-12(14-8)16(2)9-4-3-5-13-7-9/h3-7H,1-2H3,(H,17,18). The SMILES string of the molecule is Cc1cc(C(=O)O)nc(N(C)c2cccnc2)n1. The molecule has 0 radical (unpaired) electrons. The van der Waals surface area contributed by atoms with E-state index in [-0.39, 0.29) is 5.69 Å². The van der Waals surface area contributed by atoms with Crippen LogP contribution in [0.4, 0.5) is 11.6 Å². The molecule has 6 nitrogen and oxygen atoms in total. The lowest BCUT2D eigenvalue weighted by Crippen LogP contribution is -2.16. The summed E-state index contributed by atoms with van der Waals surface area (Å²) in [5.74, 6) is -0.735. The van der Waals surface area contributed by atoms with E-state index in [9.17, 15) is 4.79 Å². The van der Waals surface area contributed by atoms with Crippen LogP contribution in [0.1, 0.15) is 16.2 Å². The Labute approximate surface area is 104 Å². The van der Waals surface area contributed by atoms with Crippen molar-refractivity contribution < 1.29 is 9.90 Å². The Balaban J connectivity index is 2.42. The number of carboxylic acid groups (broad SMARTS) is 1. The second kappa shape index (κ2) is 4.79. The average Bonchev–Trinajstić information content (AvgIpc) is 2.38. The molecule has 0 aliphatic rings. The topological polar surface area (TPSA) is 79.2 Å². The summed E-state index contributed by atoms with van der Waals surface area (Å²) in [6, 6.07) is 5.07.